The molecule has 0 atom stereocenters. The Bertz CT molecular complexity index is 384. The number of rotatable bonds is 3. The predicted octanol–water partition coefficient (Wildman–Crippen LogP) is 2.12. The van der Waals surface area contributed by atoms with E-state index >= 15 is 0 Å². The van der Waals surface area contributed by atoms with Crippen LogP contribution in [0.1, 0.15) is 6.92 Å². The molecule has 0 spiro atoms. The highest BCUT2D eigenvalue weighted by Gasteiger charge is 2.02. The Morgan fingerprint density at radius 3 is 2.38 bits per heavy atom. The summed E-state index contributed by atoms with van der Waals surface area (Å²) in [6.45, 7) is 1.53. The Kier molecular flexibility index (Phi) is 3.13. The van der Waals surface area contributed by atoms with Gasteiger partial charge in [0.2, 0.25) is 0 Å². The molecule has 1 rings (SSSR count). The van der Waals surface area contributed by atoms with Crippen LogP contribution in [-0.2, 0) is 10.0 Å². The monoisotopic (exact) mass is 198 g/mol. The highest BCUT2D eigenvalue weighted by molar-refractivity contribution is 7.89. The maximum absolute atomic E-state index is 10.9. The van der Waals surface area contributed by atoms with Crippen LogP contribution < -0.4 is 0 Å². The summed E-state index contributed by atoms with van der Waals surface area (Å²) in [4.78, 5) is 0. The van der Waals surface area contributed by atoms with E-state index in [1.807, 2.05) is 6.07 Å². The first-order chi connectivity index (χ1) is 6.14. The Morgan fingerprint density at radius 1 is 1.23 bits per heavy atom. The molecule has 0 aliphatic heterocycles. The van der Waals surface area contributed by atoms with E-state index < -0.39 is 10.0 Å². The van der Waals surface area contributed by atoms with Gasteiger partial charge in [-0.2, -0.15) is 0 Å². The lowest BCUT2D eigenvalue weighted by Crippen LogP contribution is -1.95. The molecule has 5 heteroatoms. The zero-order chi connectivity index (χ0) is 9.73. The normalized spacial score (nSPS) is 12.1. The zero-order valence-corrected chi connectivity index (χ0v) is 8.03. The van der Waals surface area contributed by atoms with Gasteiger partial charge in [-0.15, -0.1) is 5.11 Å². The first kappa shape index (κ1) is 9.85. The molecule has 0 unspecified atom stereocenters. The summed E-state index contributed by atoms with van der Waals surface area (Å²) in [7, 11) is -3.36. The number of hydrogen-bond donors (Lipinski definition) is 0. The van der Waals surface area contributed by atoms with Crippen LogP contribution in [0.15, 0.2) is 40.0 Å². The molecular weight excluding hydrogens is 188 g/mol. The van der Waals surface area contributed by atoms with Gasteiger partial charge in [0.25, 0.3) is 10.0 Å². The minimum atomic E-state index is -3.36. The van der Waals surface area contributed by atoms with Crippen LogP contribution in [0, 0.1) is 0 Å². The number of sulfonamides is 1. The van der Waals surface area contributed by atoms with Crippen molar-refractivity contribution >= 4 is 15.7 Å². The fraction of sp³-hybridized carbons (Fsp3) is 0.250. The fourth-order valence-corrected chi connectivity index (χ4v) is 0.996. The Morgan fingerprint density at radius 2 is 1.85 bits per heavy atom. The summed E-state index contributed by atoms with van der Waals surface area (Å²) in [6, 6.07) is 8.75. The molecule has 0 fully saturated rings. The molecule has 70 valence electrons. The Labute approximate surface area is 77.4 Å². The highest BCUT2D eigenvalue weighted by Crippen LogP contribution is 2.11. The van der Waals surface area contributed by atoms with E-state index in [1.54, 1.807) is 24.3 Å². The second-order valence-electron chi connectivity index (χ2n) is 2.39. The molecule has 0 radical (unpaired) electrons. The molecule has 0 saturated carbocycles. The minimum absolute atomic E-state index is 0.0245. The molecule has 0 aromatic heterocycles. The van der Waals surface area contributed by atoms with Gasteiger partial charge < -0.3 is 0 Å². The van der Waals surface area contributed by atoms with Crippen molar-refractivity contribution in [2.75, 3.05) is 5.75 Å². The van der Waals surface area contributed by atoms with Gasteiger partial charge in [-0.05, 0) is 19.1 Å². The van der Waals surface area contributed by atoms with E-state index in [2.05, 4.69) is 9.63 Å². The van der Waals surface area contributed by atoms with E-state index in [4.69, 9.17) is 0 Å². The molecule has 0 aliphatic carbocycles. The van der Waals surface area contributed by atoms with Crippen molar-refractivity contribution in [3.63, 3.8) is 0 Å². The summed E-state index contributed by atoms with van der Waals surface area (Å²) in [5, 5.41) is 3.59. The second kappa shape index (κ2) is 4.13. The Hall–Kier alpha value is -1.23. The fourth-order valence-electron chi connectivity index (χ4n) is 0.662. The third-order valence-corrected chi connectivity index (χ3v) is 2.46. The van der Waals surface area contributed by atoms with E-state index in [0.29, 0.717) is 5.69 Å². The third-order valence-electron chi connectivity index (χ3n) is 1.40. The summed E-state index contributed by atoms with van der Waals surface area (Å²) < 4.78 is 25.1. The van der Waals surface area contributed by atoms with Crippen molar-refractivity contribution in [3.05, 3.63) is 30.3 Å². The van der Waals surface area contributed by atoms with Crippen LogP contribution in [0.3, 0.4) is 0 Å². The van der Waals surface area contributed by atoms with Crippen molar-refractivity contribution in [1.29, 1.82) is 0 Å². The molecule has 1 aromatic carbocycles. The topological polar surface area (TPSA) is 58.9 Å². The molecule has 0 saturated heterocycles. The molecule has 0 heterocycles. The lowest BCUT2D eigenvalue weighted by molar-refractivity contribution is 0.597. The predicted molar refractivity (Wildman–Crippen MR) is 50.4 cm³/mol. The summed E-state index contributed by atoms with van der Waals surface area (Å²) in [5.74, 6) is -0.0245. The van der Waals surface area contributed by atoms with Crippen LogP contribution in [0.4, 0.5) is 5.69 Å². The number of nitrogens with zero attached hydrogens (tertiary/aromatic N) is 2. The van der Waals surface area contributed by atoms with Gasteiger partial charge in [-0.1, -0.05) is 22.7 Å². The maximum Gasteiger partial charge on any atom is 0.270 e. The lowest BCUT2D eigenvalue weighted by atomic mass is 10.3. The quantitative estimate of drug-likeness (QED) is 0.698. The molecule has 4 nitrogen and oxygen atoms in total. The first-order valence-electron chi connectivity index (χ1n) is 3.85. The van der Waals surface area contributed by atoms with Gasteiger partial charge >= 0.3 is 0 Å². The molecule has 13 heavy (non-hydrogen) atoms. The van der Waals surface area contributed by atoms with Crippen LogP contribution in [0.2, 0.25) is 0 Å². The van der Waals surface area contributed by atoms with Gasteiger partial charge in [-0.25, -0.2) is 8.42 Å². The SMILES string of the molecule is CCS(=O)(=O)/N=N/c1ccccc1. The van der Waals surface area contributed by atoms with E-state index in [9.17, 15) is 8.42 Å². The standard InChI is InChI=1S/C8H10N2O2S/c1-2-13(11,12)10-9-8-6-4-3-5-7-8/h3-7H,2H2,1H3/b10-9+. The van der Waals surface area contributed by atoms with Gasteiger partial charge in [0, 0.05) is 0 Å². The number of hydrogen-bond acceptors (Lipinski definition) is 3. The molecule has 1 aromatic rings. The summed E-state index contributed by atoms with van der Waals surface area (Å²) >= 11 is 0. The van der Waals surface area contributed by atoms with E-state index in [0.717, 1.165) is 0 Å². The largest absolute Gasteiger partial charge is 0.270 e. The maximum atomic E-state index is 10.9. The summed E-state index contributed by atoms with van der Waals surface area (Å²) in [6.07, 6.45) is 0. The van der Waals surface area contributed by atoms with Crippen molar-refractivity contribution in [2.45, 2.75) is 6.92 Å². The molecule has 0 aliphatic rings. The summed E-state index contributed by atoms with van der Waals surface area (Å²) in [5.41, 5.74) is 0.541. The van der Waals surface area contributed by atoms with Gasteiger partial charge in [0.1, 0.15) is 0 Å². The average molecular weight is 198 g/mol. The van der Waals surface area contributed by atoms with Crippen LogP contribution >= 0.6 is 0 Å². The van der Waals surface area contributed by atoms with Gasteiger partial charge in [0.15, 0.2) is 0 Å². The average Bonchev–Trinajstić information content (AvgIpc) is 2.17. The van der Waals surface area contributed by atoms with E-state index in [-0.39, 0.29) is 5.75 Å². The van der Waals surface area contributed by atoms with Crippen LogP contribution in [-0.4, -0.2) is 14.2 Å². The second-order valence-corrected chi connectivity index (χ2v) is 4.29. The first-order valence-corrected chi connectivity index (χ1v) is 5.46. The lowest BCUT2D eigenvalue weighted by Gasteiger charge is -1.90. The molecule has 0 N–H and O–H groups in total. The molecule has 0 bridgehead atoms. The zero-order valence-electron chi connectivity index (χ0n) is 7.21. The van der Waals surface area contributed by atoms with Crippen LogP contribution in [0.25, 0.3) is 0 Å². The van der Waals surface area contributed by atoms with Crippen molar-refractivity contribution in [1.82, 2.24) is 0 Å². The molecule has 0 amide bonds. The number of benzene rings is 1. The third kappa shape index (κ3) is 3.33. The highest BCUT2D eigenvalue weighted by atomic mass is 32.2. The van der Waals surface area contributed by atoms with Gasteiger partial charge in [-0.3, -0.25) is 0 Å². The minimum Gasteiger partial charge on any atom is -0.203 e. The van der Waals surface area contributed by atoms with Crippen molar-refractivity contribution in [2.24, 2.45) is 9.63 Å². The molecular formula is C8H10N2O2S. The van der Waals surface area contributed by atoms with E-state index in [1.165, 1.54) is 6.92 Å². The van der Waals surface area contributed by atoms with Crippen molar-refractivity contribution < 1.29 is 8.42 Å². The Balaban J connectivity index is 2.82. The van der Waals surface area contributed by atoms with Crippen LogP contribution in [0.5, 0.6) is 0 Å². The van der Waals surface area contributed by atoms with Crippen molar-refractivity contribution in [3.8, 4) is 0 Å². The smallest absolute Gasteiger partial charge is 0.203 e. The van der Waals surface area contributed by atoms with Gasteiger partial charge in [0.05, 0.1) is 11.4 Å².